The van der Waals surface area contributed by atoms with Gasteiger partial charge in [0, 0.05) is 19.3 Å². The topological polar surface area (TPSA) is 21.3 Å². The Morgan fingerprint density at radius 1 is 1.18 bits per heavy atom. The van der Waals surface area contributed by atoms with Crippen LogP contribution in [-0.2, 0) is 4.74 Å². The second-order valence-electron chi connectivity index (χ2n) is 5.82. The third-order valence-corrected chi connectivity index (χ3v) is 4.50. The van der Waals surface area contributed by atoms with E-state index >= 15 is 0 Å². The van der Waals surface area contributed by atoms with Crippen molar-refractivity contribution in [2.45, 2.75) is 58.9 Å². The van der Waals surface area contributed by atoms with Gasteiger partial charge < -0.3 is 10.1 Å². The third-order valence-electron chi connectivity index (χ3n) is 4.50. The summed E-state index contributed by atoms with van der Waals surface area (Å²) in [5.41, 5.74) is 0. The van der Waals surface area contributed by atoms with Crippen LogP contribution in [0.2, 0.25) is 0 Å². The van der Waals surface area contributed by atoms with Crippen LogP contribution < -0.4 is 5.32 Å². The smallest absolute Gasteiger partial charge is 0.0480 e. The molecular formula is C15H31NO. The van der Waals surface area contributed by atoms with Crippen LogP contribution in [0.25, 0.3) is 0 Å². The molecule has 0 amide bonds. The summed E-state index contributed by atoms with van der Waals surface area (Å²) in [5.74, 6) is 2.66. The fourth-order valence-corrected chi connectivity index (χ4v) is 3.03. The SMILES string of the molecule is CCCOCCC(NC)C1CCC(C)C(C)C1. The van der Waals surface area contributed by atoms with Crippen molar-refractivity contribution >= 4 is 0 Å². The molecule has 102 valence electrons. The summed E-state index contributed by atoms with van der Waals surface area (Å²) in [5, 5.41) is 3.50. The highest BCUT2D eigenvalue weighted by Gasteiger charge is 2.29. The van der Waals surface area contributed by atoms with Gasteiger partial charge in [0.05, 0.1) is 0 Å². The summed E-state index contributed by atoms with van der Waals surface area (Å²) in [6.45, 7) is 8.81. The monoisotopic (exact) mass is 241 g/mol. The molecule has 1 aliphatic carbocycles. The minimum absolute atomic E-state index is 0.654. The van der Waals surface area contributed by atoms with Crippen LogP contribution in [0.4, 0.5) is 0 Å². The van der Waals surface area contributed by atoms with Crippen molar-refractivity contribution in [1.82, 2.24) is 5.32 Å². The number of ether oxygens (including phenoxy) is 1. The molecule has 1 N–H and O–H groups in total. The Balaban J connectivity index is 2.29. The minimum atomic E-state index is 0.654. The molecule has 1 fully saturated rings. The Hall–Kier alpha value is -0.0800. The first-order valence-corrected chi connectivity index (χ1v) is 7.44. The Kier molecular flexibility index (Phi) is 7.14. The molecule has 0 spiro atoms. The number of nitrogens with one attached hydrogen (secondary N) is 1. The Morgan fingerprint density at radius 3 is 2.53 bits per heavy atom. The van der Waals surface area contributed by atoms with Crippen LogP contribution in [0.3, 0.4) is 0 Å². The normalized spacial score (nSPS) is 31.4. The van der Waals surface area contributed by atoms with Gasteiger partial charge in [-0.1, -0.05) is 27.2 Å². The third kappa shape index (κ3) is 4.97. The van der Waals surface area contributed by atoms with Crippen molar-refractivity contribution in [3.63, 3.8) is 0 Å². The van der Waals surface area contributed by atoms with E-state index in [1.54, 1.807) is 0 Å². The Bertz CT molecular complexity index is 195. The van der Waals surface area contributed by atoms with E-state index in [9.17, 15) is 0 Å². The average Bonchev–Trinajstić information content (AvgIpc) is 2.33. The highest BCUT2D eigenvalue weighted by Crippen LogP contribution is 2.35. The summed E-state index contributed by atoms with van der Waals surface area (Å²) < 4.78 is 5.61. The lowest BCUT2D eigenvalue weighted by atomic mass is 9.73. The van der Waals surface area contributed by atoms with E-state index in [2.05, 4.69) is 33.1 Å². The first-order valence-electron chi connectivity index (χ1n) is 7.44. The van der Waals surface area contributed by atoms with E-state index in [0.717, 1.165) is 37.4 Å². The first kappa shape index (κ1) is 15.0. The predicted octanol–water partition coefficient (Wildman–Crippen LogP) is 3.46. The van der Waals surface area contributed by atoms with Gasteiger partial charge in [-0.3, -0.25) is 0 Å². The van der Waals surface area contributed by atoms with Crippen molar-refractivity contribution in [2.24, 2.45) is 17.8 Å². The van der Waals surface area contributed by atoms with Gasteiger partial charge in [0.15, 0.2) is 0 Å². The van der Waals surface area contributed by atoms with Crippen LogP contribution in [0.15, 0.2) is 0 Å². The lowest BCUT2D eigenvalue weighted by molar-refractivity contribution is 0.104. The van der Waals surface area contributed by atoms with Crippen molar-refractivity contribution in [1.29, 1.82) is 0 Å². The van der Waals surface area contributed by atoms with Crippen molar-refractivity contribution in [3.05, 3.63) is 0 Å². The van der Waals surface area contributed by atoms with Crippen LogP contribution in [0.1, 0.15) is 52.9 Å². The lowest BCUT2D eigenvalue weighted by Crippen LogP contribution is -2.38. The van der Waals surface area contributed by atoms with Crippen molar-refractivity contribution in [2.75, 3.05) is 20.3 Å². The molecule has 1 saturated carbocycles. The molecule has 2 nitrogen and oxygen atoms in total. The molecule has 4 unspecified atom stereocenters. The maximum atomic E-state index is 5.61. The molecular weight excluding hydrogens is 210 g/mol. The molecule has 0 aliphatic heterocycles. The quantitative estimate of drug-likeness (QED) is 0.689. The van der Waals surface area contributed by atoms with Gasteiger partial charge in [0.2, 0.25) is 0 Å². The second-order valence-corrected chi connectivity index (χ2v) is 5.82. The number of hydrogen-bond acceptors (Lipinski definition) is 2. The van der Waals surface area contributed by atoms with Gasteiger partial charge in [-0.15, -0.1) is 0 Å². The zero-order valence-corrected chi connectivity index (χ0v) is 12.2. The van der Waals surface area contributed by atoms with Crippen molar-refractivity contribution in [3.8, 4) is 0 Å². The maximum absolute atomic E-state index is 5.61. The molecule has 0 aromatic carbocycles. The van der Waals surface area contributed by atoms with E-state index in [1.807, 2.05) is 0 Å². The van der Waals surface area contributed by atoms with Crippen LogP contribution in [-0.4, -0.2) is 26.3 Å². The molecule has 0 bridgehead atoms. The molecule has 0 aromatic rings. The highest BCUT2D eigenvalue weighted by molar-refractivity contribution is 4.83. The fourth-order valence-electron chi connectivity index (χ4n) is 3.03. The molecule has 1 rings (SSSR count). The molecule has 17 heavy (non-hydrogen) atoms. The fraction of sp³-hybridized carbons (Fsp3) is 1.00. The van der Waals surface area contributed by atoms with Crippen LogP contribution in [0, 0.1) is 17.8 Å². The zero-order valence-electron chi connectivity index (χ0n) is 12.2. The second kappa shape index (κ2) is 8.10. The Morgan fingerprint density at radius 2 is 1.94 bits per heavy atom. The van der Waals surface area contributed by atoms with Crippen molar-refractivity contribution < 1.29 is 4.74 Å². The van der Waals surface area contributed by atoms with E-state index < -0.39 is 0 Å². The van der Waals surface area contributed by atoms with E-state index in [-0.39, 0.29) is 0 Å². The van der Waals surface area contributed by atoms with E-state index in [1.165, 1.54) is 25.7 Å². The summed E-state index contributed by atoms with van der Waals surface area (Å²) in [4.78, 5) is 0. The largest absolute Gasteiger partial charge is 0.381 e. The molecule has 2 heteroatoms. The summed E-state index contributed by atoms with van der Waals surface area (Å²) in [6.07, 6.45) is 6.48. The van der Waals surface area contributed by atoms with Gasteiger partial charge >= 0.3 is 0 Å². The predicted molar refractivity (Wildman–Crippen MR) is 74.2 cm³/mol. The van der Waals surface area contributed by atoms with Crippen LogP contribution >= 0.6 is 0 Å². The van der Waals surface area contributed by atoms with E-state index in [4.69, 9.17) is 4.74 Å². The molecule has 0 saturated heterocycles. The number of rotatable bonds is 7. The molecule has 1 aliphatic rings. The highest BCUT2D eigenvalue weighted by atomic mass is 16.5. The standard InChI is InChI=1S/C15H31NO/c1-5-9-17-10-8-15(16-4)14-7-6-12(2)13(3)11-14/h12-16H,5-11H2,1-4H3. The van der Waals surface area contributed by atoms with Crippen LogP contribution in [0.5, 0.6) is 0 Å². The molecule has 0 radical (unpaired) electrons. The lowest BCUT2D eigenvalue weighted by Gasteiger charge is -2.36. The van der Waals surface area contributed by atoms with Gasteiger partial charge in [-0.25, -0.2) is 0 Å². The number of hydrogen-bond donors (Lipinski definition) is 1. The summed E-state index contributed by atoms with van der Waals surface area (Å²) in [6, 6.07) is 0.654. The Labute approximate surface area is 108 Å². The zero-order chi connectivity index (χ0) is 12.7. The molecule has 0 aromatic heterocycles. The maximum Gasteiger partial charge on any atom is 0.0480 e. The van der Waals surface area contributed by atoms with Gasteiger partial charge in [0.25, 0.3) is 0 Å². The van der Waals surface area contributed by atoms with E-state index in [0.29, 0.717) is 6.04 Å². The van der Waals surface area contributed by atoms with Gasteiger partial charge in [0.1, 0.15) is 0 Å². The average molecular weight is 241 g/mol. The van der Waals surface area contributed by atoms with Gasteiger partial charge in [-0.05, 0) is 50.5 Å². The summed E-state index contributed by atoms with van der Waals surface area (Å²) in [7, 11) is 2.10. The molecule has 4 atom stereocenters. The molecule has 0 heterocycles. The van der Waals surface area contributed by atoms with Gasteiger partial charge in [-0.2, -0.15) is 0 Å². The minimum Gasteiger partial charge on any atom is -0.381 e. The first-order chi connectivity index (χ1) is 8.19. The summed E-state index contributed by atoms with van der Waals surface area (Å²) >= 11 is 0.